The van der Waals surface area contributed by atoms with Crippen LogP contribution in [0.3, 0.4) is 0 Å². The van der Waals surface area contributed by atoms with E-state index in [1.165, 1.54) is 0 Å². The van der Waals surface area contributed by atoms with Crippen molar-refractivity contribution < 1.29 is 31.4 Å². The first-order chi connectivity index (χ1) is 12.1. The fraction of sp³-hybridized carbons (Fsp3) is 0.294. The fourth-order valence-electron chi connectivity index (χ4n) is 2.97. The number of nitrogens with one attached hydrogen (secondary N) is 1. The summed E-state index contributed by atoms with van der Waals surface area (Å²) < 4.78 is 67.2. The first kappa shape index (κ1) is 18.7. The van der Waals surface area contributed by atoms with Crippen molar-refractivity contribution in [1.29, 1.82) is 0 Å². The molecule has 0 spiro atoms. The zero-order chi connectivity index (χ0) is 19.0. The van der Waals surface area contributed by atoms with E-state index in [0.717, 1.165) is 29.8 Å². The van der Waals surface area contributed by atoms with Crippen LogP contribution in [0.4, 0.5) is 13.2 Å². The molecule has 9 heteroatoms. The summed E-state index contributed by atoms with van der Waals surface area (Å²) >= 11 is 0. The van der Waals surface area contributed by atoms with Crippen molar-refractivity contribution in [3.8, 4) is 5.75 Å². The molecule has 0 heterocycles. The molecule has 1 aliphatic carbocycles. The van der Waals surface area contributed by atoms with E-state index >= 15 is 0 Å². The Kier molecular flexibility index (Phi) is 4.72. The Hall–Kier alpha value is -2.10. The van der Waals surface area contributed by atoms with Gasteiger partial charge in [0.25, 0.3) is 0 Å². The molecule has 0 amide bonds. The van der Waals surface area contributed by atoms with Gasteiger partial charge in [0.1, 0.15) is 11.4 Å². The standard InChI is InChI=1S/C17H16F3NO4S/c18-17(19,20)25-13-5-7-14(8-6-13)26(23,24)21-11-16(22)10-9-12-3-1-2-4-15(12)16/h1-8,21-22H,9-11H2. The van der Waals surface area contributed by atoms with E-state index in [-0.39, 0.29) is 11.4 Å². The Morgan fingerprint density at radius 1 is 1.12 bits per heavy atom. The number of ether oxygens (including phenoxy) is 1. The van der Waals surface area contributed by atoms with Crippen LogP contribution < -0.4 is 9.46 Å². The van der Waals surface area contributed by atoms with E-state index in [9.17, 15) is 26.7 Å². The monoisotopic (exact) mass is 387 g/mol. The van der Waals surface area contributed by atoms with Gasteiger partial charge in [-0.1, -0.05) is 24.3 Å². The molecular formula is C17H16F3NO4S. The van der Waals surface area contributed by atoms with Gasteiger partial charge in [0.2, 0.25) is 10.0 Å². The molecular weight excluding hydrogens is 371 g/mol. The minimum absolute atomic E-state index is 0.220. The van der Waals surface area contributed by atoms with Crippen molar-refractivity contribution in [2.75, 3.05) is 6.54 Å². The van der Waals surface area contributed by atoms with E-state index in [4.69, 9.17) is 0 Å². The van der Waals surface area contributed by atoms with Crippen LogP contribution in [0.5, 0.6) is 5.75 Å². The molecule has 2 aromatic carbocycles. The van der Waals surface area contributed by atoms with E-state index in [0.29, 0.717) is 18.4 Å². The molecule has 26 heavy (non-hydrogen) atoms. The van der Waals surface area contributed by atoms with Crippen LogP contribution >= 0.6 is 0 Å². The number of hydrogen-bond donors (Lipinski definition) is 2. The number of hydrogen-bond acceptors (Lipinski definition) is 4. The van der Waals surface area contributed by atoms with Crippen molar-refractivity contribution >= 4 is 10.0 Å². The minimum atomic E-state index is -4.85. The van der Waals surface area contributed by atoms with Crippen molar-refractivity contribution in [2.45, 2.75) is 29.7 Å². The Morgan fingerprint density at radius 2 is 1.77 bits per heavy atom. The Balaban J connectivity index is 1.72. The maximum atomic E-state index is 12.4. The molecule has 2 aromatic rings. The van der Waals surface area contributed by atoms with Gasteiger partial charge in [-0.3, -0.25) is 0 Å². The number of aliphatic hydroxyl groups is 1. The molecule has 0 fully saturated rings. The van der Waals surface area contributed by atoms with Crippen LogP contribution in [0, 0.1) is 0 Å². The molecule has 0 saturated carbocycles. The molecule has 0 saturated heterocycles. The third-order valence-corrected chi connectivity index (χ3v) is 5.67. The zero-order valence-electron chi connectivity index (χ0n) is 13.5. The van der Waals surface area contributed by atoms with E-state index in [2.05, 4.69) is 9.46 Å². The number of benzene rings is 2. The minimum Gasteiger partial charge on any atom is -0.406 e. The lowest BCUT2D eigenvalue weighted by molar-refractivity contribution is -0.274. The number of fused-ring (bicyclic) bond motifs is 1. The smallest absolute Gasteiger partial charge is 0.406 e. The summed E-state index contributed by atoms with van der Waals surface area (Å²) in [6.07, 6.45) is -3.83. The van der Waals surface area contributed by atoms with Gasteiger partial charge < -0.3 is 9.84 Å². The molecule has 5 nitrogen and oxygen atoms in total. The molecule has 0 bridgehead atoms. The van der Waals surface area contributed by atoms with Gasteiger partial charge in [-0.2, -0.15) is 0 Å². The number of sulfonamides is 1. The summed E-state index contributed by atoms with van der Waals surface area (Å²) in [5.74, 6) is -0.514. The predicted molar refractivity (Wildman–Crippen MR) is 87.0 cm³/mol. The second-order valence-corrected chi connectivity index (χ2v) is 7.80. The van der Waals surface area contributed by atoms with Crippen molar-refractivity contribution in [1.82, 2.24) is 4.72 Å². The van der Waals surface area contributed by atoms with Gasteiger partial charge in [0.15, 0.2) is 0 Å². The number of halogens is 3. The zero-order valence-corrected chi connectivity index (χ0v) is 14.3. The van der Waals surface area contributed by atoms with Crippen LogP contribution in [0.1, 0.15) is 17.5 Å². The van der Waals surface area contributed by atoms with E-state index in [1.54, 1.807) is 12.1 Å². The highest BCUT2D eigenvalue weighted by molar-refractivity contribution is 7.89. The lowest BCUT2D eigenvalue weighted by Gasteiger charge is -2.24. The van der Waals surface area contributed by atoms with Gasteiger partial charge in [0, 0.05) is 6.54 Å². The maximum absolute atomic E-state index is 12.4. The molecule has 1 atom stereocenters. The quantitative estimate of drug-likeness (QED) is 0.827. The predicted octanol–water partition coefficient (Wildman–Crippen LogP) is 2.70. The van der Waals surface area contributed by atoms with Gasteiger partial charge in [-0.05, 0) is 48.2 Å². The molecule has 3 rings (SSSR count). The highest BCUT2D eigenvalue weighted by Crippen LogP contribution is 2.36. The average Bonchev–Trinajstić information content (AvgIpc) is 2.91. The third kappa shape index (κ3) is 4.00. The SMILES string of the molecule is O=S(=O)(NCC1(O)CCc2ccccc21)c1ccc(OC(F)(F)F)cc1. The van der Waals surface area contributed by atoms with Crippen LogP contribution in [0.15, 0.2) is 53.4 Å². The second kappa shape index (κ2) is 6.57. The highest BCUT2D eigenvalue weighted by atomic mass is 32.2. The molecule has 0 radical (unpaired) electrons. The first-order valence-electron chi connectivity index (χ1n) is 7.75. The number of rotatable bonds is 5. The summed E-state index contributed by atoms with van der Waals surface area (Å²) in [5, 5.41) is 10.8. The Morgan fingerprint density at radius 3 is 2.42 bits per heavy atom. The van der Waals surface area contributed by atoms with Gasteiger partial charge in [-0.25, -0.2) is 13.1 Å². The van der Waals surface area contributed by atoms with Crippen molar-refractivity contribution in [2.24, 2.45) is 0 Å². The van der Waals surface area contributed by atoms with Gasteiger partial charge >= 0.3 is 6.36 Å². The molecule has 140 valence electrons. The highest BCUT2D eigenvalue weighted by Gasteiger charge is 2.37. The van der Waals surface area contributed by atoms with Crippen LogP contribution in [0.25, 0.3) is 0 Å². The second-order valence-electron chi connectivity index (χ2n) is 6.03. The van der Waals surface area contributed by atoms with Crippen LogP contribution in [0.2, 0.25) is 0 Å². The van der Waals surface area contributed by atoms with Gasteiger partial charge in [-0.15, -0.1) is 13.2 Å². The summed E-state index contributed by atoms with van der Waals surface area (Å²) in [6.45, 7) is -0.229. The summed E-state index contributed by atoms with van der Waals surface area (Å²) in [4.78, 5) is -0.220. The fourth-order valence-corrected chi connectivity index (χ4v) is 4.06. The summed E-state index contributed by atoms with van der Waals surface area (Å²) in [5.41, 5.74) is 0.322. The molecule has 1 unspecified atom stereocenters. The Bertz CT molecular complexity index is 897. The average molecular weight is 387 g/mol. The van der Waals surface area contributed by atoms with Crippen molar-refractivity contribution in [3.63, 3.8) is 0 Å². The number of aryl methyl sites for hydroxylation is 1. The normalized spacial score (nSPS) is 20.0. The van der Waals surface area contributed by atoms with E-state index < -0.39 is 27.7 Å². The third-order valence-electron chi connectivity index (χ3n) is 4.25. The lowest BCUT2D eigenvalue weighted by Crippen LogP contribution is -2.39. The number of alkyl halides is 3. The molecule has 2 N–H and O–H groups in total. The molecule has 0 aromatic heterocycles. The summed E-state index contributed by atoms with van der Waals surface area (Å²) in [7, 11) is -4.00. The molecule has 1 aliphatic rings. The summed E-state index contributed by atoms with van der Waals surface area (Å²) in [6, 6.07) is 11.1. The van der Waals surface area contributed by atoms with Crippen molar-refractivity contribution in [3.05, 3.63) is 59.7 Å². The Labute approximate surface area is 148 Å². The largest absolute Gasteiger partial charge is 0.573 e. The van der Waals surface area contributed by atoms with E-state index in [1.807, 2.05) is 12.1 Å². The van der Waals surface area contributed by atoms with Crippen LogP contribution in [-0.2, 0) is 22.0 Å². The lowest BCUT2D eigenvalue weighted by atomic mass is 9.96. The maximum Gasteiger partial charge on any atom is 0.573 e. The topological polar surface area (TPSA) is 75.6 Å². The first-order valence-corrected chi connectivity index (χ1v) is 9.24. The van der Waals surface area contributed by atoms with Crippen LogP contribution in [-0.4, -0.2) is 26.4 Å². The molecule has 0 aliphatic heterocycles. The van der Waals surface area contributed by atoms with Gasteiger partial charge in [0.05, 0.1) is 4.90 Å².